The van der Waals surface area contributed by atoms with Crippen LogP contribution in [-0.2, 0) is 0 Å². The summed E-state index contributed by atoms with van der Waals surface area (Å²) in [5, 5.41) is 3.71. The minimum Gasteiger partial charge on any atom is -0.311 e. The molecule has 2 bridgehead atoms. The van der Waals surface area contributed by atoms with Gasteiger partial charge in [-0.15, -0.1) is 0 Å². The van der Waals surface area contributed by atoms with Crippen molar-refractivity contribution in [2.75, 3.05) is 6.54 Å². The van der Waals surface area contributed by atoms with E-state index in [2.05, 4.69) is 40.0 Å². The maximum Gasteiger partial charge on any atom is 0.137 e. The smallest absolute Gasteiger partial charge is 0.137 e. The van der Waals surface area contributed by atoms with E-state index >= 15 is 0 Å². The molecule has 116 valence electrons. The van der Waals surface area contributed by atoms with Crippen molar-refractivity contribution in [3.63, 3.8) is 0 Å². The van der Waals surface area contributed by atoms with Gasteiger partial charge in [0.15, 0.2) is 0 Å². The first kappa shape index (κ1) is 15.4. The van der Waals surface area contributed by atoms with Crippen LogP contribution in [0, 0.1) is 5.82 Å². The summed E-state index contributed by atoms with van der Waals surface area (Å²) >= 11 is 3.31. The summed E-state index contributed by atoms with van der Waals surface area (Å²) in [5.74, 6) is -0.186. The molecule has 0 radical (unpaired) electrons. The third-order valence-corrected chi connectivity index (χ3v) is 5.81. The SMILES string of the molecule is CCN(C1CC2CCC(C1)N2)C(C)c1ccc(F)c(Br)c1. The van der Waals surface area contributed by atoms with E-state index in [1.807, 2.05) is 12.1 Å². The molecule has 3 unspecified atom stereocenters. The molecule has 0 aliphatic carbocycles. The number of hydrogen-bond acceptors (Lipinski definition) is 2. The Morgan fingerprint density at radius 3 is 2.57 bits per heavy atom. The highest BCUT2D eigenvalue weighted by Gasteiger charge is 2.37. The lowest BCUT2D eigenvalue weighted by Crippen LogP contribution is -2.48. The monoisotopic (exact) mass is 354 g/mol. The molecular formula is C17H24BrFN2. The average Bonchev–Trinajstić information content (AvgIpc) is 2.81. The van der Waals surface area contributed by atoms with E-state index in [4.69, 9.17) is 0 Å². The summed E-state index contributed by atoms with van der Waals surface area (Å²) in [6, 6.07) is 7.80. The van der Waals surface area contributed by atoms with Crippen LogP contribution in [-0.4, -0.2) is 29.6 Å². The maximum atomic E-state index is 13.4. The van der Waals surface area contributed by atoms with E-state index < -0.39 is 0 Å². The fourth-order valence-electron chi connectivity index (χ4n) is 4.11. The zero-order valence-electron chi connectivity index (χ0n) is 12.8. The topological polar surface area (TPSA) is 15.3 Å². The van der Waals surface area contributed by atoms with Crippen LogP contribution >= 0.6 is 15.9 Å². The quantitative estimate of drug-likeness (QED) is 0.869. The largest absolute Gasteiger partial charge is 0.311 e. The van der Waals surface area contributed by atoms with Crippen molar-refractivity contribution in [3.8, 4) is 0 Å². The minimum absolute atomic E-state index is 0.186. The molecule has 2 aliphatic rings. The van der Waals surface area contributed by atoms with Gasteiger partial charge in [-0.25, -0.2) is 4.39 Å². The van der Waals surface area contributed by atoms with Gasteiger partial charge in [-0.05, 0) is 72.8 Å². The maximum absolute atomic E-state index is 13.4. The van der Waals surface area contributed by atoms with E-state index in [1.165, 1.54) is 31.2 Å². The lowest BCUT2D eigenvalue weighted by Gasteiger charge is -2.40. The summed E-state index contributed by atoms with van der Waals surface area (Å²) in [6.07, 6.45) is 5.15. The molecule has 0 spiro atoms. The van der Waals surface area contributed by atoms with Crippen molar-refractivity contribution in [3.05, 3.63) is 34.1 Å². The van der Waals surface area contributed by atoms with Gasteiger partial charge >= 0.3 is 0 Å². The number of nitrogens with zero attached hydrogens (tertiary/aromatic N) is 1. The molecule has 2 nitrogen and oxygen atoms in total. The zero-order chi connectivity index (χ0) is 15.0. The second kappa shape index (κ2) is 6.35. The Morgan fingerprint density at radius 2 is 2.00 bits per heavy atom. The molecule has 2 aliphatic heterocycles. The highest BCUT2D eigenvalue weighted by molar-refractivity contribution is 9.10. The van der Waals surface area contributed by atoms with Crippen LogP contribution in [0.1, 0.15) is 51.1 Å². The van der Waals surface area contributed by atoms with Crippen molar-refractivity contribution in [1.82, 2.24) is 10.2 Å². The Hall–Kier alpha value is -0.450. The van der Waals surface area contributed by atoms with Gasteiger partial charge in [-0.2, -0.15) is 0 Å². The lowest BCUT2D eigenvalue weighted by molar-refractivity contribution is 0.107. The predicted molar refractivity (Wildman–Crippen MR) is 87.9 cm³/mol. The molecule has 2 saturated heterocycles. The van der Waals surface area contributed by atoms with Crippen LogP contribution < -0.4 is 5.32 Å². The minimum atomic E-state index is -0.186. The van der Waals surface area contributed by atoms with Gasteiger partial charge in [-0.1, -0.05) is 13.0 Å². The molecule has 3 atom stereocenters. The summed E-state index contributed by atoms with van der Waals surface area (Å²) in [4.78, 5) is 2.59. The number of piperidine rings is 1. The van der Waals surface area contributed by atoms with Crippen LogP contribution in [0.5, 0.6) is 0 Å². The van der Waals surface area contributed by atoms with Crippen LogP contribution in [0.4, 0.5) is 4.39 Å². The van der Waals surface area contributed by atoms with Crippen LogP contribution in [0.25, 0.3) is 0 Å². The summed E-state index contributed by atoms with van der Waals surface area (Å²) in [7, 11) is 0. The molecule has 21 heavy (non-hydrogen) atoms. The van der Waals surface area contributed by atoms with Gasteiger partial charge in [0, 0.05) is 24.2 Å². The molecule has 0 aromatic heterocycles. The molecule has 0 amide bonds. The highest BCUT2D eigenvalue weighted by atomic mass is 79.9. The number of benzene rings is 1. The van der Waals surface area contributed by atoms with Crippen molar-refractivity contribution < 1.29 is 4.39 Å². The van der Waals surface area contributed by atoms with E-state index in [1.54, 1.807) is 6.07 Å². The molecule has 2 heterocycles. The fraction of sp³-hybridized carbons (Fsp3) is 0.647. The molecular weight excluding hydrogens is 331 g/mol. The van der Waals surface area contributed by atoms with Crippen molar-refractivity contribution in [1.29, 1.82) is 0 Å². The third kappa shape index (κ3) is 3.17. The second-order valence-corrected chi connectivity index (χ2v) is 7.30. The van der Waals surface area contributed by atoms with Crippen LogP contribution in [0.3, 0.4) is 0 Å². The molecule has 1 N–H and O–H groups in total. The number of hydrogen-bond donors (Lipinski definition) is 1. The summed E-state index contributed by atoms with van der Waals surface area (Å²) in [6.45, 7) is 5.52. The number of nitrogens with one attached hydrogen (secondary N) is 1. The fourth-order valence-corrected chi connectivity index (χ4v) is 4.51. The van der Waals surface area contributed by atoms with Gasteiger partial charge in [0.2, 0.25) is 0 Å². The Bertz CT molecular complexity index is 496. The van der Waals surface area contributed by atoms with Gasteiger partial charge in [0.1, 0.15) is 5.82 Å². The first-order valence-corrected chi connectivity index (χ1v) is 8.84. The summed E-state index contributed by atoms with van der Waals surface area (Å²) in [5.41, 5.74) is 1.19. The Morgan fingerprint density at radius 1 is 1.33 bits per heavy atom. The van der Waals surface area contributed by atoms with E-state index in [-0.39, 0.29) is 5.82 Å². The molecule has 4 heteroatoms. The molecule has 2 fully saturated rings. The van der Waals surface area contributed by atoms with E-state index in [0.717, 1.165) is 6.54 Å². The normalized spacial score (nSPS) is 29.9. The zero-order valence-corrected chi connectivity index (χ0v) is 14.4. The molecule has 0 saturated carbocycles. The molecule has 1 aromatic rings. The Kier molecular flexibility index (Phi) is 4.67. The number of rotatable bonds is 4. The average molecular weight is 355 g/mol. The van der Waals surface area contributed by atoms with Gasteiger partial charge < -0.3 is 5.32 Å². The van der Waals surface area contributed by atoms with Gasteiger partial charge in [0.25, 0.3) is 0 Å². The molecule has 1 aromatic carbocycles. The van der Waals surface area contributed by atoms with Crippen LogP contribution in [0.2, 0.25) is 0 Å². The predicted octanol–water partition coefficient (Wildman–Crippen LogP) is 4.25. The van der Waals surface area contributed by atoms with Gasteiger partial charge in [0.05, 0.1) is 4.47 Å². The van der Waals surface area contributed by atoms with Crippen molar-refractivity contribution >= 4 is 15.9 Å². The van der Waals surface area contributed by atoms with Crippen LogP contribution in [0.15, 0.2) is 22.7 Å². The third-order valence-electron chi connectivity index (χ3n) is 5.21. The first-order chi connectivity index (χ1) is 10.1. The standard InChI is InChI=1S/C17H24BrFN2/c1-3-21(15-9-13-5-6-14(10-15)20-13)11(2)12-4-7-17(19)16(18)8-12/h4,7-8,11,13-15,20H,3,5-6,9-10H2,1-2H3. The Labute approximate surface area is 135 Å². The van der Waals surface area contributed by atoms with E-state index in [9.17, 15) is 4.39 Å². The number of fused-ring (bicyclic) bond motifs is 2. The van der Waals surface area contributed by atoms with Crippen molar-refractivity contribution in [2.45, 2.75) is 63.7 Å². The van der Waals surface area contributed by atoms with Crippen molar-refractivity contribution in [2.24, 2.45) is 0 Å². The lowest BCUT2D eigenvalue weighted by atomic mass is 9.95. The summed E-state index contributed by atoms with van der Waals surface area (Å²) < 4.78 is 14.0. The Balaban J connectivity index is 1.77. The highest BCUT2D eigenvalue weighted by Crippen LogP contribution is 2.34. The first-order valence-electron chi connectivity index (χ1n) is 8.05. The van der Waals surface area contributed by atoms with Gasteiger partial charge in [-0.3, -0.25) is 4.90 Å². The van der Waals surface area contributed by atoms with E-state index in [0.29, 0.717) is 28.6 Å². The second-order valence-electron chi connectivity index (χ2n) is 6.44. The number of halogens is 2. The molecule has 3 rings (SSSR count).